The number of amides is 1. The van der Waals surface area contributed by atoms with Crippen molar-refractivity contribution in [3.05, 3.63) is 62.0 Å². The first kappa shape index (κ1) is 31.2. The normalized spacial score (nSPS) is 11.8. The lowest BCUT2D eigenvalue weighted by atomic mass is 9.99. The summed E-state index contributed by atoms with van der Waals surface area (Å²) in [5, 5.41) is 12.4. The van der Waals surface area contributed by atoms with Gasteiger partial charge in [0.25, 0.3) is 0 Å². The van der Waals surface area contributed by atoms with Gasteiger partial charge in [0, 0.05) is 33.9 Å². The number of rotatable bonds is 12. The van der Waals surface area contributed by atoms with E-state index in [0.29, 0.717) is 18.6 Å². The van der Waals surface area contributed by atoms with E-state index in [1.807, 2.05) is 18.3 Å². The van der Waals surface area contributed by atoms with Crippen molar-refractivity contribution in [1.82, 2.24) is 5.32 Å². The van der Waals surface area contributed by atoms with Crippen molar-refractivity contribution in [2.75, 3.05) is 7.11 Å². The second-order valence-electron chi connectivity index (χ2n) is 8.91. The molecule has 0 aliphatic rings. The number of carbonyl (C=O) groups is 2. The minimum atomic E-state index is -0.821. The van der Waals surface area contributed by atoms with Crippen LogP contribution in [0, 0.1) is 5.92 Å². The Labute approximate surface area is 218 Å². The van der Waals surface area contributed by atoms with Gasteiger partial charge in [-0.05, 0) is 44.2 Å². The number of ketones is 1. The summed E-state index contributed by atoms with van der Waals surface area (Å²) in [6.45, 7) is 9.61. The van der Waals surface area contributed by atoms with Crippen LogP contribution in [0.1, 0.15) is 98.5 Å². The number of hydrogen-bond donors (Lipinski definition) is 2. The molecule has 0 spiro atoms. The Kier molecular flexibility index (Phi) is 14.5. The Morgan fingerprint density at radius 1 is 1.17 bits per heavy atom. The van der Waals surface area contributed by atoms with Crippen molar-refractivity contribution in [3.63, 3.8) is 0 Å². The SMILES string of the molecule is CCCCCc1ccc(CC)s1.COC(=O)N/C=C/CCC(C)c1cc(O)c(C(=O)C(C)C)c(=O)o1. The number of methoxy groups -OCH3 is 1. The molecule has 0 aliphatic carbocycles. The van der Waals surface area contributed by atoms with Crippen molar-refractivity contribution in [2.45, 2.75) is 85.5 Å². The highest BCUT2D eigenvalue weighted by molar-refractivity contribution is 7.11. The van der Waals surface area contributed by atoms with E-state index >= 15 is 0 Å². The fourth-order valence-corrected chi connectivity index (χ4v) is 4.31. The molecule has 1 unspecified atom stereocenters. The number of thiophene rings is 1. The van der Waals surface area contributed by atoms with Gasteiger partial charge >= 0.3 is 11.7 Å². The molecular weight excluding hydrogens is 478 g/mol. The maximum atomic E-state index is 12.0. The maximum absolute atomic E-state index is 12.0. The van der Waals surface area contributed by atoms with E-state index in [4.69, 9.17) is 4.42 Å². The lowest BCUT2D eigenvalue weighted by Gasteiger charge is -2.11. The van der Waals surface area contributed by atoms with Crippen LogP contribution >= 0.6 is 11.3 Å². The average Bonchev–Trinajstić information content (AvgIpc) is 3.31. The van der Waals surface area contributed by atoms with Crippen molar-refractivity contribution in [3.8, 4) is 5.75 Å². The van der Waals surface area contributed by atoms with Gasteiger partial charge < -0.3 is 14.3 Å². The van der Waals surface area contributed by atoms with E-state index in [9.17, 15) is 19.5 Å². The van der Waals surface area contributed by atoms with Gasteiger partial charge in [-0.2, -0.15) is 0 Å². The number of carbonyl (C=O) groups excluding carboxylic acids is 2. The summed E-state index contributed by atoms with van der Waals surface area (Å²) in [7, 11) is 1.27. The summed E-state index contributed by atoms with van der Waals surface area (Å²) >= 11 is 1.98. The topological polar surface area (TPSA) is 106 Å². The molecule has 200 valence electrons. The van der Waals surface area contributed by atoms with Crippen LogP contribution in [0.2, 0.25) is 0 Å². The van der Waals surface area contributed by atoms with E-state index < -0.39 is 23.4 Å². The van der Waals surface area contributed by atoms with Crippen LogP contribution < -0.4 is 10.9 Å². The number of alkyl carbamates (subject to hydrolysis) is 1. The quantitative estimate of drug-likeness (QED) is 0.231. The van der Waals surface area contributed by atoms with E-state index in [-0.39, 0.29) is 17.2 Å². The predicted octanol–water partition coefficient (Wildman–Crippen LogP) is 6.98. The minimum absolute atomic E-state index is 0.144. The molecule has 2 aromatic heterocycles. The standard InChI is InChI=1S/C17H23NO6.C11H18S/c1-10(2)15(20)14-12(19)9-13(24-16(14)21)11(3)7-5-6-8-18-17(22)23-4;1-3-5-6-7-11-9-8-10(4-2)12-11/h6,8-11,19H,5,7H2,1-4H3,(H,18,22);8-9H,3-7H2,1-2H3/b8-6+;. The van der Waals surface area contributed by atoms with Crippen LogP contribution in [-0.4, -0.2) is 24.1 Å². The zero-order valence-electron chi connectivity index (χ0n) is 22.4. The second-order valence-corrected chi connectivity index (χ2v) is 10.2. The Morgan fingerprint density at radius 3 is 2.42 bits per heavy atom. The van der Waals surface area contributed by atoms with E-state index in [1.165, 1.54) is 56.4 Å². The van der Waals surface area contributed by atoms with Crippen molar-refractivity contribution in [1.29, 1.82) is 0 Å². The molecule has 7 nitrogen and oxygen atoms in total. The lowest BCUT2D eigenvalue weighted by molar-refractivity contribution is 0.0931. The van der Waals surface area contributed by atoms with Crippen LogP contribution in [0.15, 0.2) is 39.7 Å². The number of aryl methyl sites for hydroxylation is 2. The van der Waals surface area contributed by atoms with Gasteiger partial charge in [-0.1, -0.05) is 53.5 Å². The van der Waals surface area contributed by atoms with E-state index in [1.54, 1.807) is 24.8 Å². The van der Waals surface area contributed by atoms with Crippen molar-refractivity contribution in [2.24, 2.45) is 5.92 Å². The number of ether oxygens (including phenoxy) is 1. The third-order valence-electron chi connectivity index (χ3n) is 5.57. The smallest absolute Gasteiger partial charge is 0.410 e. The van der Waals surface area contributed by atoms with Crippen LogP contribution in [0.3, 0.4) is 0 Å². The summed E-state index contributed by atoms with van der Waals surface area (Å²) < 4.78 is 9.60. The molecule has 0 fully saturated rings. The third kappa shape index (κ3) is 10.8. The minimum Gasteiger partial charge on any atom is -0.507 e. The van der Waals surface area contributed by atoms with Crippen LogP contribution in [-0.2, 0) is 17.6 Å². The molecule has 1 atom stereocenters. The van der Waals surface area contributed by atoms with Crippen LogP contribution in [0.4, 0.5) is 4.79 Å². The average molecular weight is 520 g/mol. The molecule has 0 aliphatic heterocycles. The Bertz CT molecular complexity index is 1040. The number of hydrogen-bond acceptors (Lipinski definition) is 7. The molecule has 0 aromatic carbocycles. The molecule has 2 aromatic rings. The number of unbranched alkanes of at least 4 members (excludes halogenated alkanes) is 2. The first-order valence-electron chi connectivity index (χ1n) is 12.6. The van der Waals surface area contributed by atoms with E-state index in [2.05, 4.69) is 36.0 Å². The Morgan fingerprint density at radius 2 is 1.86 bits per heavy atom. The third-order valence-corrected chi connectivity index (χ3v) is 6.86. The highest BCUT2D eigenvalue weighted by Gasteiger charge is 2.22. The summed E-state index contributed by atoms with van der Waals surface area (Å²) in [5.41, 5.74) is -1.12. The zero-order chi connectivity index (χ0) is 27.1. The fourth-order valence-electron chi connectivity index (χ4n) is 3.31. The molecule has 0 bridgehead atoms. The highest BCUT2D eigenvalue weighted by Crippen LogP contribution is 2.26. The molecule has 2 rings (SSSR count). The lowest BCUT2D eigenvalue weighted by Crippen LogP contribution is -2.19. The molecule has 0 saturated heterocycles. The van der Waals surface area contributed by atoms with Crippen molar-refractivity contribution < 1.29 is 23.8 Å². The summed E-state index contributed by atoms with van der Waals surface area (Å²) in [6.07, 6.45) is 10.4. The number of Topliss-reactive ketones (excluding diaryl/α,β-unsaturated/α-hetero) is 1. The fraction of sp³-hybridized carbons (Fsp3) is 0.536. The molecule has 2 N–H and O–H groups in total. The van der Waals surface area contributed by atoms with Gasteiger partial charge in [-0.25, -0.2) is 9.59 Å². The molecule has 1 amide bonds. The number of allylic oxidation sites excluding steroid dienone is 1. The molecule has 0 saturated carbocycles. The Balaban J connectivity index is 0.000000450. The highest BCUT2D eigenvalue weighted by atomic mass is 32.1. The van der Waals surface area contributed by atoms with Crippen LogP contribution in [0.25, 0.3) is 0 Å². The summed E-state index contributed by atoms with van der Waals surface area (Å²) in [6, 6.07) is 5.88. The zero-order valence-corrected chi connectivity index (χ0v) is 23.2. The van der Waals surface area contributed by atoms with Gasteiger partial charge in [0.15, 0.2) is 5.78 Å². The monoisotopic (exact) mass is 519 g/mol. The number of aromatic hydroxyl groups is 1. The summed E-state index contributed by atoms with van der Waals surface area (Å²) in [5.74, 6) is -1.04. The number of nitrogens with one attached hydrogen (secondary N) is 1. The molecule has 36 heavy (non-hydrogen) atoms. The summed E-state index contributed by atoms with van der Waals surface area (Å²) in [4.78, 5) is 37.8. The second kappa shape index (κ2) is 16.7. The maximum Gasteiger partial charge on any atom is 0.410 e. The molecular formula is C28H41NO6S. The molecule has 0 radical (unpaired) electrons. The molecule has 8 heteroatoms. The Hall–Kier alpha value is -2.87. The van der Waals surface area contributed by atoms with Crippen LogP contribution in [0.5, 0.6) is 5.75 Å². The van der Waals surface area contributed by atoms with Gasteiger partial charge in [-0.15, -0.1) is 11.3 Å². The predicted molar refractivity (Wildman–Crippen MR) is 145 cm³/mol. The largest absolute Gasteiger partial charge is 0.507 e. The first-order valence-corrected chi connectivity index (χ1v) is 13.4. The van der Waals surface area contributed by atoms with Gasteiger partial charge in [0.2, 0.25) is 0 Å². The van der Waals surface area contributed by atoms with Gasteiger partial charge in [-0.3, -0.25) is 10.1 Å². The molecule has 2 heterocycles. The first-order chi connectivity index (χ1) is 17.1. The van der Waals surface area contributed by atoms with Gasteiger partial charge in [0.05, 0.1) is 7.11 Å². The van der Waals surface area contributed by atoms with Crippen molar-refractivity contribution >= 4 is 23.2 Å². The van der Waals surface area contributed by atoms with Gasteiger partial charge in [0.1, 0.15) is 17.1 Å². The van der Waals surface area contributed by atoms with E-state index in [0.717, 1.165) is 0 Å².